The Hall–Kier alpha value is -2.51. The summed E-state index contributed by atoms with van der Waals surface area (Å²) in [6.45, 7) is 4.03. The van der Waals surface area contributed by atoms with Crippen molar-refractivity contribution in [2.24, 2.45) is 5.92 Å². The Balaban J connectivity index is 1.15. The van der Waals surface area contributed by atoms with E-state index >= 15 is 0 Å². The predicted octanol–water partition coefficient (Wildman–Crippen LogP) is 4.35. The molecule has 8 nitrogen and oxygen atoms in total. The van der Waals surface area contributed by atoms with Crippen molar-refractivity contribution in [3.05, 3.63) is 23.9 Å². The smallest absolute Gasteiger partial charge is 0.317 e. The summed E-state index contributed by atoms with van der Waals surface area (Å²) in [6.07, 6.45) is 14.0. The van der Waals surface area contributed by atoms with Crippen LogP contribution in [0.5, 0.6) is 5.88 Å². The normalized spacial score (nSPS) is 24.3. The molecular formula is C26H41N5O3. The van der Waals surface area contributed by atoms with Gasteiger partial charge in [0.25, 0.3) is 0 Å². The first-order valence-electron chi connectivity index (χ1n) is 13.3. The fourth-order valence-electron chi connectivity index (χ4n) is 5.32. The lowest BCUT2D eigenvalue weighted by atomic mass is 9.89. The van der Waals surface area contributed by atoms with Gasteiger partial charge < -0.3 is 25.6 Å². The molecule has 1 aromatic heterocycles. The third kappa shape index (κ3) is 7.50. The van der Waals surface area contributed by atoms with Crippen molar-refractivity contribution in [2.45, 2.75) is 102 Å². The average molecular weight is 472 g/mol. The number of pyridine rings is 1. The second kappa shape index (κ2) is 12.3. The van der Waals surface area contributed by atoms with Crippen LogP contribution < -0.4 is 20.7 Å². The first-order chi connectivity index (χ1) is 16.5. The number of likely N-dealkylation sites (tertiary alicyclic amines) is 1. The van der Waals surface area contributed by atoms with E-state index in [0.29, 0.717) is 31.6 Å². The highest BCUT2D eigenvalue weighted by Gasteiger charge is 2.25. The molecule has 0 aromatic carbocycles. The minimum atomic E-state index is -0.0642. The molecule has 8 heteroatoms. The van der Waals surface area contributed by atoms with Crippen molar-refractivity contribution in [2.75, 3.05) is 13.1 Å². The van der Waals surface area contributed by atoms with Crippen LogP contribution in [0.3, 0.4) is 0 Å². The summed E-state index contributed by atoms with van der Waals surface area (Å²) in [4.78, 5) is 31.1. The van der Waals surface area contributed by atoms with Gasteiger partial charge in [-0.3, -0.25) is 0 Å². The average Bonchev–Trinajstić information content (AvgIpc) is 2.85. The molecule has 2 heterocycles. The maximum atomic E-state index is 12.7. The minimum absolute atomic E-state index is 0.0618. The zero-order valence-electron chi connectivity index (χ0n) is 20.6. The molecule has 1 aliphatic heterocycles. The summed E-state index contributed by atoms with van der Waals surface area (Å²) < 4.78 is 6.08. The van der Waals surface area contributed by atoms with Crippen LogP contribution in [-0.4, -0.2) is 53.2 Å². The van der Waals surface area contributed by atoms with E-state index in [4.69, 9.17) is 4.74 Å². The fourth-order valence-corrected chi connectivity index (χ4v) is 5.32. The summed E-state index contributed by atoms with van der Waals surface area (Å²) in [5.41, 5.74) is 0.985. The molecular weight excluding hydrogens is 430 g/mol. The van der Waals surface area contributed by atoms with Crippen LogP contribution in [0.25, 0.3) is 0 Å². The van der Waals surface area contributed by atoms with Gasteiger partial charge >= 0.3 is 12.1 Å². The number of hydrogen-bond donors (Lipinski definition) is 3. The summed E-state index contributed by atoms with van der Waals surface area (Å²) >= 11 is 0. The molecule has 1 aromatic rings. The molecule has 0 spiro atoms. The second-order valence-corrected chi connectivity index (χ2v) is 10.4. The number of piperidine rings is 1. The van der Waals surface area contributed by atoms with Crippen LogP contribution in [0.4, 0.5) is 9.59 Å². The number of rotatable bonds is 6. The molecule has 188 valence electrons. The molecule has 34 heavy (non-hydrogen) atoms. The van der Waals surface area contributed by atoms with Crippen LogP contribution in [-0.2, 0) is 6.54 Å². The Kier molecular flexibility index (Phi) is 8.88. The zero-order chi connectivity index (χ0) is 23.8. The highest BCUT2D eigenvalue weighted by atomic mass is 16.5. The Labute approximate surface area is 203 Å². The number of nitrogens with zero attached hydrogens (tertiary/aromatic N) is 2. The van der Waals surface area contributed by atoms with Gasteiger partial charge in [-0.05, 0) is 68.9 Å². The van der Waals surface area contributed by atoms with Crippen molar-refractivity contribution >= 4 is 12.1 Å². The summed E-state index contributed by atoms with van der Waals surface area (Å²) in [7, 11) is 0. The zero-order valence-corrected chi connectivity index (χ0v) is 20.6. The molecule has 3 aliphatic rings. The molecule has 0 unspecified atom stereocenters. The van der Waals surface area contributed by atoms with E-state index in [9.17, 15) is 9.59 Å². The SMILES string of the molecule is CC1CCC(Oc2cc(CNC(=O)N3CCC(NC(=O)NC4CCCCC4)CC3)ccn2)CC1. The standard InChI is InChI=1S/C26H41N5O3/c1-19-7-9-23(10-8-19)34-24-17-20(11-14-27-24)18-28-26(33)31-15-12-22(13-16-31)30-25(32)29-21-5-3-2-4-6-21/h11,14,17,19,21-23H,2-10,12-13,15-16,18H2,1H3,(H,28,33)(H2,29,30,32). The largest absolute Gasteiger partial charge is 0.474 e. The number of ether oxygens (including phenoxy) is 1. The summed E-state index contributed by atoms with van der Waals surface area (Å²) in [6, 6.07) is 4.15. The van der Waals surface area contributed by atoms with Crippen molar-refractivity contribution in [3.8, 4) is 5.88 Å². The third-order valence-corrected chi connectivity index (χ3v) is 7.55. The lowest BCUT2D eigenvalue weighted by molar-refractivity contribution is 0.130. The molecule has 0 atom stereocenters. The topological polar surface area (TPSA) is 95.6 Å². The van der Waals surface area contributed by atoms with Crippen LogP contribution in [0.2, 0.25) is 0 Å². The molecule has 4 rings (SSSR count). The van der Waals surface area contributed by atoms with E-state index in [-0.39, 0.29) is 24.2 Å². The van der Waals surface area contributed by atoms with Gasteiger partial charge in [-0.2, -0.15) is 0 Å². The number of aromatic nitrogens is 1. The quantitative estimate of drug-likeness (QED) is 0.575. The Morgan fingerprint density at radius 3 is 2.35 bits per heavy atom. The highest BCUT2D eigenvalue weighted by molar-refractivity contribution is 5.75. The summed E-state index contributed by atoms with van der Waals surface area (Å²) in [5.74, 6) is 1.43. The van der Waals surface area contributed by atoms with Gasteiger partial charge in [0.1, 0.15) is 6.10 Å². The number of hydrogen-bond acceptors (Lipinski definition) is 4. The minimum Gasteiger partial charge on any atom is -0.474 e. The van der Waals surface area contributed by atoms with E-state index in [1.807, 2.05) is 17.0 Å². The van der Waals surface area contributed by atoms with Crippen molar-refractivity contribution in [1.82, 2.24) is 25.8 Å². The van der Waals surface area contributed by atoms with Gasteiger partial charge in [-0.15, -0.1) is 0 Å². The molecule has 0 radical (unpaired) electrons. The van der Waals surface area contributed by atoms with E-state index in [1.54, 1.807) is 6.20 Å². The molecule has 1 saturated heterocycles. The summed E-state index contributed by atoms with van der Waals surface area (Å²) in [5, 5.41) is 9.23. The third-order valence-electron chi connectivity index (χ3n) is 7.55. The molecule has 2 aliphatic carbocycles. The van der Waals surface area contributed by atoms with Crippen LogP contribution in [0, 0.1) is 5.92 Å². The Morgan fingerprint density at radius 1 is 0.971 bits per heavy atom. The monoisotopic (exact) mass is 471 g/mol. The van der Waals surface area contributed by atoms with Crippen molar-refractivity contribution in [1.29, 1.82) is 0 Å². The highest BCUT2D eigenvalue weighted by Crippen LogP contribution is 2.26. The first kappa shape index (κ1) is 24.6. The van der Waals surface area contributed by atoms with Crippen LogP contribution in [0.1, 0.15) is 83.1 Å². The van der Waals surface area contributed by atoms with E-state index in [2.05, 4.69) is 27.9 Å². The number of nitrogens with one attached hydrogen (secondary N) is 3. The van der Waals surface area contributed by atoms with Gasteiger partial charge in [0, 0.05) is 44.0 Å². The second-order valence-electron chi connectivity index (χ2n) is 10.4. The maximum absolute atomic E-state index is 12.7. The lowest BCUT2D eigenvalue weighted by Crippen LogP contribution is -2.52. The van der Waals surface area contributed by atoms with E-state index in [1.165, 1.54) is 32.1 Å². The molecule has 0 bridgehead atoms. The maximum Gasteiger partial charge on any atom is 0.317 e. The van der Waals surface area contributed by atoms with Gasteiger partial charge in [-0.1, -0.05) is 26.2 Å². The van der Waals surface area contributed by atoms with Crippen molar-refractivity contribution in [3.63, 3.8) is 0 Å². The molecule has 3 N–H and O–H groups in total. The van der Waals surface area contributed by atoms with Gasteiger partial charge in [0.05, 0.1) is 0 Å². The number of carbonyl (C=O) groups is 2. The van der Waals surface area contributed by atoms with E-state index < -0.39 is 0 Å². The molecule has 2 saturated carbocycles. The Bertz CT molecular complexity index is 797. The number of urea groups is 2. The molecule has 3 fully saturated rings. The van der Waals surface area contributed by atoms with Gasteiger partial charge in [0.15, 0.2) is 0 Å². The first-order valence-corrected chi connectivity index (χ1v) is 13.3. The Morgan fingerprint density at radius 2 is 1.65 bits per heavy atom. The predicted molar refractivity (Wildman–Crippen MR) is 132 cm³/mol. The van der Waals surface area contributed by atoms with Gasteiger partial charge in [-0.25, -0.2) is 14.6 Å². The van der Waals surface area contributed by atoms with Crippen molar-refractivity contribution < 1.29 is 14.3 Å². The van der Waals surface area contributed by atoms with Crippen LogP contribution in [0.15, 0.2) is 18.3 Å². The lowest BCUT2D eigenvalue weighted by Gasteiger charge is -2.33. The molecule has 4 amide bonds. The number of amides is 4. The van der Waals surface area contributed by atoms with Crippen LogP contribution >= 0.6 is 0 Å². The fraction of sp³-hybridized carbons (Fsp3) is 0.731. The van der Waals surface area contributed by atoms with E-state index in [0.717, 1.165) is 50.0 Å². The number of carbonyl (C=O) groups excluding carboxylic acids is 2. The van der Waals surface area contributed by atoms with Gasteiger partial charge in [0.2, 0.25) is 5.88 Å².